The first-order valence-corrected chi connectivity index (χ1v) is 7.61. The summed E-state index contributed by atoms with van der Waals surface area (Å²) in [4.78, 5) is 22.0. The van der Waals surface area contributed by atoms with E-state index in [4.69, 9.17) is 4.74 Å². The van der Waals surface area contributed by atoms with E-state index in [1.165, 1.54) is 37.4 Å². The molecule has 8 heteroatoms. The van der Waals surface area contributed by atoms with E-state index in [0.29, 0.717) is 18.7 Å². The molecule has 2 N–H and O–H groups in total. The van der Waals surface area contributed by atoms with Crippen LogP contribution < -0.4 is 15.4 Å². The molecule has 132 valence electrons. The molecule has 0 heterocycles. The molecule has 0 saturated heterocycles. The summed E-state index contributed by atoms with van der Waals surface area (Å²) >= 11 is 0. The number of rotatable bonds is 8. The molecule has 0 aliphatic heterocycles. The van der Waals surface area contributed by atoms with Crippen LogP contribution >= 0.6 is 0 Å². The highest BCUT2D eigenvalue weighted by Gasteiger charge is 2.09. The number of halogens is 1. The van der Waals surface area contributed by atoms with Gasteiger partial charge in [-0.2, -0.15) is 0 Å². The zero-order valence-corrected chi connectivity index (χ0v) is 13.6. The van der Waals surface area contributed by atoms with E-state index in [0.717, 1.165) is 5.69 Å². The van der Waals surface area contributed by atoms with E-state index in [9.17, 15) is 19.3 Å². The van der Waals surface area contributed by atoms with Gasteiger partial charge in [0.15, 0.2) is 0 Å². The summed E-state index contributed by atoms with van der Waals surface area (Å²) in [6.07, 6.45) is 0.826. The summed E-state index contributed by atoms with van der Waals surface area (Å²) < 4.78 is 18.1. The standard InChI is InChI=1S/C17H18FN3O4/c1-25-16-11-12(18)4-9-15(16)20-17(22)3-2-10-19-13-5-7-14(8-6-13)21(23)24/h4-9,11,19H,2-3,10H2,1H3,(H,20,22). The third-order valence-corrected chi connectivity index (χ3v) is 3.43. The van der Waals surface area contributed by atoms with Crippen molar-refractivity contribution >= 4 is 23.0 Å². The molecular weight excluding hydrogens is 329 g/mol. The highest BCUT2D eigenvalue weighted by molar-refractivity contribution is 5.92. The van der Waals surface area contributed by atoms with Crippen molar-refractivity contribution in [1.29, 1.82) is 0 Å². The van der Waals surface area contributed by atoms with Crippen molar-refractivity contribution in [2.45, 2.75) is 12.8 Å². The first-order valence-electron chi connectivity index (χ1n) is 7.61. The quantitative estimate of drug-likeness (QED) is 0.432. The van der Waals surface area contributed by atoms with Gasteiger partial charge >= 0.3 is 0 Å². The van der Waals surface area contributed by atoms with Crippen molar-refractivity contribution in [3.8, 4) is 5.75 Å². The number of nitro groups is 1. The third kappa shape index (κ3) is 5.45. The number of amides is 1. The molecule has 0 spiro atoms. The van der Waals surface area contributed by atoms with Crippen LogP contribution in [0.3, 0.4) is 0 Å². The molecular formula is C17H18FN3O4. The maximum atomic E-state index is 13.1. The average molecular weight is 347 g/mol. The lowest BCUT2D eigenvalue weighted by Crippen LogP contribution is -2.14. The predicted molar refractivity (Wildman–Crippen MR) is 92.4 cm³/mol. The average Bonchev–Trinajstić information content (AvgIpc) is 2.60. The van der Waals surface area contributed by atoms with Crippen molar-refractivity contribution in [2.75, 3.05) is 24.3 Å². The maximum absolute atomic E-state index is 13.1. The molecule has 0 fully saturated rings. The van der Waals surface area contributed by atoms with Crippen LogP contribution in [0.1, 0.15) is 12.8 Å². The Bertz CT molecular complexity index is 750. The number of non-ortho nitro benzene ring substituents is 1. The summed E-state index contributed by atoms with van der Waals surface area (Å²) in [5.41, 5.74) is 1.18. The minimum atomic E-state index is -0.460. The Balaban J connectivity index is 1.76. The number of hydrogen-bond donors (Lipinski definition) is 2. The number of nitrogens with one attached hydrogen (secondary N) is 2. The lowest BCUT2D eigenvalue weighted by molar-refractivity contribution is -0.384. The van der Waals surface area contributed by atoms with E-state index in [-0.39, 0.29) is 23.8 Å². The zero-order chi connectivity index (χ0) is 18.2. The van der Waals surface area contributed by atoms with Crippen molar-refractivity contribution < 1.29 is 18.8 Å². The molecule has 0 unspecified atom stereocenters. The predicted octanol–water partition coefficient (Wildman–Crippen LogP) is 3.57. The smallest absolute Gasteiger partial charge is 0.269 e. The lowest BCUT2D eigenvalue weighted by Gasteiger charge is -2.10. The van der Waals surface area contributed by atoms with Gasteiger partial charge in [0, 0.05) is 36.9 Å². The van der Waals surface area contributed by atoms with Gasteiger partial charge in [-0.05, 0) is 30.7 Å². The number of nitro benzene ring substituents is 1. The molecule has 0 aliphatic rings. The molecule has 7 nitrogen and oxygen atoms in total. The van der Waals surface area contributed by atoms with Crippen LogP contribution in [0.25, 0.3) is 0 Å². The minimum absolute atomic E-state index is 0.0261. The molecule has 25 heavy (non-hydrogen) atoms. The number of carbonyl (C=O) groups is 1. The van der Waals surface area contributed by atoms with Crippen molar-refractivity contribution in [3.63, 3.8) is 0 Å². The van der Waals surface area contributed by atoms with Gasteiger partial charge in [-0.1, -0.05) is 0 Å². The fourth-order valence-corrected chi connectivity index (χ4v) is 2.16. The monoisotopic (exact) mass is 347 g/mol. The van der Waals surface area contributed by atoms with Gasteiger partial charge in [-0.3, -0.25) is 14.9 Å². The Morgan fingerprint density at radius 2 is 1.96 bits per heavy atom. The fourth-order valence-electron chi connectivity index (χ4n) is 2.16. The van der Waals surface area contributed by atoms with Gasteiger partial charge in [-0.25, -0.2) is 4.39 Å². The van der Waals surface area contributed by atoms with Crippen LogP contribution in [-0.2, 0) is 4.79 Å². The van der Waals surface area contributed by atoms with Gasteiger partial charge in [-0.15, -0.1) is 0 Å². The Morgan fingerprint density at radius 3 is 2.60 bits per heavy atom. The van der Waals surface area contributed by atoms with Gasteiger partial charge in [0.1, 0.15) is 11.6 Å². The van der Waals surface area contributed by atoms with E-state index in [2.05, 4.69) is 10.6 Å². The number of carbonyl (C=O) groups excluding carboxylic acids is 1. The molecule has 2 rings (SSSR count). The molecule has 0 aliphatic carbocycles. The van der Waals surface area contributed by atoms with E-state index in [1.807, 2.05) is 0 Å². The number of methoxy groups -OCH3 is 1. The normalized spacial score (nSPS) is 10.2. The number of nitrogens with zero attached hydrogens (tertiary/aromatic N) is 1. The minimum Gasteiger partial charge on any atom is -0.494 e. The summed E-state index contributed by atoms with van der Waals surface area (Å²) in [5, 5.41) is 16.3. The summed E-state index contributed by atoms with van der Waals surface area (Å²) in [7, 11) is 1.40. The Kier molecular flexibility index (Phi) is 6.27. The molecule has 2 aromatic carbocycles. The van der Waals surface area contributed by atoms with Crippen LogP contribution in [0.15, 0.2) is 42.5 Å². The van der Waals surface area contributed by atoms with Crippen LogP contribution in [0.4, 0.5) is 21.5 Å². The highest BCUT2D eigenvalue weighted by Crippen LogP contribution is 2.25. The summed E-state index contributed by atoms with van der Waals surface area (Å²) in [6.45, 7) is 0.534. The molecule has 1 amide bonds. The Hall–Kier alpha value is -3.16. The lowest BCUT2D eigenvalue weighted by atomic mass is 10.2. The summed E-state index contributed by atoms with van der Waals surface area (Å²) in [5.74, 6) is -0.394. The van der Waals surface area contributed by atoms with E-state index in [1.54, 1.807) is 12.1 Å². The largest absolute Gasteiger partial charge is 0.494 e. The molecule has 0 bridgehead atoms. The first kappa shape index (κ1) is 18.2. The SMILES string of the molecule is COc1cc(F)ccc1NC(=O)CCCNc1ccc([N+](=O)[O-])cc1. The Labute approximate surface area is 144 Å². The third-order valence-electron chi connectivity index (χ3n) is 3.43. The number of anilines is 2. The topological polar surface area (TPSA) is 93.5 Å². The second-order valence-electron chi connectivity index (χ2n) is 5.23. The highest BCUT2D eigenvalue weighted by atomic mass is 19.1. The van der Waals surface area contributed by atoms with Gasteiger partial charge in [0.05, 0.1) is 17.7 Å². The second kappa shape index (κ2) is 8.62. The van der Waals surface area contributed by atoms with Crippen molar-refractivity contribution in [2.24, 2.45) is 0 Å². The molecule has 0 radical (unpaired) electrons. The van der Waals surface area contributed by atoms with Crippen LogP contribution in [-0.4, -0.2) is 24.5 Å². The molecule has 2 aromatic rings. The van der Waals surface area contributed by atoms with E-state index >= 15 is 0 Å². The number of hydrogen-bond acceptors (Lipinski definition) is 5. The van der Waals surface area contributed by atoms with Crippen LogP contribution in [0.2, 0.25) is 0 Å². The molecule has 0 atom stereocenters. The maximum Gasteiger partial charge on any atom is 0.269 e. The van der Waals surface area contributed by atoms with Gasteiger partial charge in [0.25, 0.3) is 5.69 Å². The first-order chi connectivity index (χ1) is 12.0. The van der Waals surface area contributed by atoms with Crippen molar-refractivity contribution in [1.82, 2.24) is 0 Å². The van der Waals surface area contributed by atoms with Crippen molar-refractivity contribution in [3.05, 3.63) is 58.4 Å². The number of ether oxygens (including phenoxy) is 1. The Morgan fingerprint density at radius 1 is 1.24 bits per heavy atom. The fraction of sp³-hybridized carbons (Fsp3) is 0.235. The zero-order valence-electron chi connectivity index (χ0n) is 13.6. The van der Waals surface area contributed by atoms with Gasteiger partial charge < -0.3 is 15.4 Å². The van der Waals surface area contributed by atoms with Gasteiger partial charge in [0.2, 0.25) is 5.91 Å². The van der Waals surface area contributed by atoms with E-state index < -0.39 is 10.7 Å². The molecule has 0 aromatic heterocycles. The second-order valence-corrected chi connectivity index (χ2v) is 5.23. The summed E-state index contributed by atoms with van der Waals surface area (Å²) in [6, 6.07) is 9.94. The van der Waals surface area contributed by atoms with Crippen LogP contribution in [0, 0.1) is 15.9 Å². The van der Waals surface area contributed by atoms with Crippen LogP contribution in [0.5, 0.6) is 5.75 Å². The number of benzene rings is 2. The molecule has 0 saturated carbocycles.